The van der Waals surface area contributed by atoms with Crippen LogP contribution in [0.4, 0.5) is 4.39 Å². The van der Waals surface area contributed by atoms with Crippen molar-refractivity contribution in [3.8, 4) is 0 Å². The topological polar surface area (TPSA) is 58.2 Å². The Balaban J connectivity index is 1.67. The SMILES string of the molecule is CNC(=O)c1ccc(CNC(=O)C2(c3ccc(F)cc3)CCC2)cc1. The number of hydrogen-bond acceptors (Lipinski definition) is 2. The molecular weight excluding hydrogens is 319 g/mol. The fraction of sp³-hybridized carbons (Fsp3) is 0.300. The highest BCUT2D eigenvalue weighted by molar-refractivity contribution is 5.94. The average molecular weight is 340 g/mol. The van der Waals surface area contributed by atoms with Crippen molar-refractivity contribution in [3.63, 3.8) is 0 Å². The van der Waals surface area contributed by atoms with Crippen LogP contribution in [0.3, 0.4) is 0 Å². The van der Waals surface area contributed by atoms with Gasteiger partial charge in [0, 0.05) is 19.2 Å². The van der Waals surface area contributed by atoms with E-state index < -0.39 is 5.41 Å². The first-order chi connectivity index (χ1) is 12.0. The van der Waals surface area contributed by atoms with E-state index in [-0.39, 0.29) is 17.6 Å². The van der Waals surface area contributed by atoms with Gasteiger partial charge in [0.05, 0.1) is 5.41 Å². The molecule has 2 aromatic rings. The van der Waals surface area contributed by atoms with Crippen molar-refractivity contribution in [1.29, 1.82) is 0 Å². The maximum Gasteiger partial charge on any atom is 0.251 e. The molecule has 0 radical (unpaired) electrons. The molecule has 2 aromatic carbocycles. The Morgan fingerprint density at radius 1 is 1.04 bits per heavy atom. The van der Waals surface area contributed by atoms with Gasteiger partial charge in [0.15, 0.2) is 0 Å². The molecule has 2 N–H and O–H groups in total. The third-order valence-corrected chi connectivity index (χ3v) is 4.93. The lowest BCUT2D eigenvalue weighted by molar-refractivity contribution is -0.130. The van der Waals surface area contributed by atoms with E-state index in [0.29, 0.717) is 12.1 Å². The van der Waals surface area contributed by atoms with Crippen LogP contribution in [0.25, 0.3) is 0 Å². The lowest BCUT2D eigenvalue weighted by Crippen LogP contribution is -2.49. The molecule has 0 bridgehead atoms. The molecule has 5 heteroatoms. The van der Waals surface area contributed by atoms with Gasteiger partial charge in [-0.25, -0.2) is 4.39 Å². The Bertz CT molecular complexity index is 765. The molecule has 2 amide bonds. The number of carbonyl (C=O) groups excluding carboxylic acids is 2. The van der Waals surface area contributed by atoms with E-state index in [9.17, 15) is 14.0 Å². The minimum absolute atomic E-state index is 0.0271. The number of amides is 2. The molecule has 0 saturated heterocycles. The van der Waals surface area contributed by atoms with Crippen molar-refractivity contribution in [3.05, 3.63) is 71.0 Å². The number of halogens is 1. The van der Waals surface area contributed by atoms with Crippen molar-refractivity contribution in [2.24, 2.45) is 0 Å². The van der Waals surface area contributed by atoms with Crippen molar-refractivity contribution >= 4 is 11.8 Å². The van der Waals surface area contributed by atoms with Crippen LogP contribution in [0.2, 0.25) is 0 Å². The summed E-state index contributed by atoms with van der Waals surface area (Å²) < 4.78 is 13.2. The lowest BCUT2D eigenvalue weighted by Gasteiger charge is -2.40. The zero-order chi connectivity index (χ0) is 17.9. The molecule has 0 unspecified atom stereocenters. The molecule has 25 heavy (non-hydrogen) atoms. The van der Waals surface area contributed by atoms with E-state index >= 15 is 0 Å². The number of nitrogens with one attached hydrogen (secondary N) is 2. The fourth-order valence-corrected chi connectivity index (χ4v) is 3.22. The standard InChI is InChI=1S/C20H21FN2O2/c1-22-18(24)15-5-3-14(4-6-15)13-23-19(25)20(11-2-12-20)16-7-9-17(21)10-8-16/h3-10H,2,11-13H2,1H3,(H,22,24)(H,23,25). The zero-order valence-electron chi connectivity index (χ0n) is 14.1. The fourth-order valence-electron chi connectivity index (χ4n) is 3.22. The van der Waals surface area contributed by atoms with Gasteiger partial charge in [-0.3, -0.25) is 9.59 Å². The summed E-state index contributed by atoms with van der Waals surface area (Å²) in [7, 11) is 1.59. The first-order valence-corrected chi connectivity index (χ1v) is 8.40. The second kappa shape index (κ2) is 7.05. The maximum absolute atomic E-state index is 13.2. The largest absolute Gasteiger partial charge is 0.355 e. The predicted octanol–water partition coefficient (Wildman–Crippen LogP) is 2.92. The molecular formula is C20H21FN2O2. The summed E-state index contributed by atoms with van der Waals surface area (Å²) in [4.78, 5) is 24.3. The second-order valence-corrected chi connectivity index (χ2v) is 6.40. The second-order valence-electron chi connectivity index (χ2n) is 6.40. The highest BCUT2D eigenvalue weighted by atomic mass is 19.1. The van der Waals surface area contributed by atoms with Crippen LogP contribution in [0.1, 0.15) is 40.7 Å². The van der Waals surface area contributed by atoms with Gasteiger partial charge in [-0.05, 0) is 48.2 Å². The molecule has 0 spiro atoms. The molecule has 0 atom stereocenters. The third-order valence-electron chi connectivity index (χ3n) is 4.93. The molecule has 3 rings (SSSR count). The van der Waals surface area contributed by atoms with Gasteiger partial charge < -0.3 is 10.6 Å². The Hall–Kier alpha value is -2.69. The maximum atomic E-state index is 13.2. The summed E-state index contributed by atoms with van der Waals surface area (Å²) in [6, 6.07) is 13.3. The van der Waals surface area contributed by atoms with Crippen LogP contribution in [-0.4, -0.2) is 18.9 Å². The van der Waals surface area contributed by atoms with E-state index in [1.165, 1.54) is 12.1 Å². The van der Waals surface area contributed by atoms with E-state index in [2.05, 4.69) is 10.6 Å². The first kappa shape index (κ1) is 17.1. The molecule has 0 aromatic heterocycles. The molecule has 4 nitrogen and oxygen atoms in total. The number of rotatable bonds is 5. The summed E-state index contributed by atoms with van der Waals surface area (Å²) in [6.45, 7) is 0.399. The monoisotopic (exact) mass is 340 g/mol. The summed E-state index contributed by atoms with van der Waals surface area (Å²) in [5, 5.41) is 5.56. The minimum Gasteiger partial charge on any atom is -0.355 e. The molecule has 1 aliphatic rings. The van der Waals surface area contributed by atoms with E-state index in [4.69, 9.17) is 0 Å². The Labute approximate surface area is 146 Å². The van der Waals surface area contributed by atoms with E-state index in [0.717, 1.165) is 30.4 Å². The van der Waals surface area contributed by atoms with Crippen LogP contribution in [-0.2, 0) is 16.8 Å². The normalized spacial score (nSPS) is 15.1. The summed E-state index contributed by atoms with van der Waals surface area (Å²) in [5.74, 6) is -0.462. The highest BCUT2D eigenvalue weighted by Crippen LogP contribution is 2.44. The third kappa shape index (κ3) is 3.40. The van der Waals surface area contributed by atoms with Crippen LogP contribution in [0, 0.1) is 5.82 Å². The van der Waals surface area contributed by atoms with Gasteiger partial charge in [0.25, 0.3) is 5.91 Å². The molecule has 0 aliphatic heterocycles. The van der Waals surface area contributed by atoms with Gasteiger partial charge in [-0.1, -0.05) is 30.7 Å². The van der Waals surface area contributed by atoms with Crippen LogP contribution in [0.5, 0.6) is 0 Å². The number of benzene rings is 2. The van der Waals surface area contributed by atoms with E-state index in [1.807, 2.05) is 12.1 Å². The summed E-state index contributed by atoms with van der Waals surface area (Å²) in [5.41, 5.74) is 1.83. The van der Waals surface area contributed by atoms with Crippen LogP contribution < -0.4 is 10.6 Å². The molecule has 1 saturated carbocycles. The number of hydrogen-bond donors (Lipinski definition) is 2. The molecule has 1 fully saturated rings. The zero-order valence-corrected chi connectivity index (χ0v) is 14.1. The predicted molar refractivity (Wildman–Crippen MR) is 93.6 cm³/mol. The van der Waals surface area contributed by atoms with Gasteiger partial charge in [0.1, 0.15) is 5.82 Å². The smallest absolute Gasteiger partial charge is 0.251 e. The van der Waals surface area contributed by atoms with Gasteiger partial charge in [-0.15, -0.1) is 0 Å². The van der Waals surface area contributed by atoms with Crippen molar-refractivity contribution in [2.45, 2.75) is 31.2 Å². The van der Waals surface area contributed by atoms with Crippen molar-refractivity contribution in [1.82, 2.24) is 10.6 Å². The molecule has 130 valence electrons. The highest BCUT2D eigenvalue weighted by Gasteiger charge is 2.45. The molecule has 1 aliphatic carbocycles. The van der Waals surface area contributed by atoms with Crippen molar-refractivity contribution < 1.29 is 14.0 Å². The van der Waals surface area contributed by atoms with E-state index in [1.54, 1.807) is 31.3 Å². The van der Waals surface area contributed by atoms with Crippen LogP contribution >= 0.6 is 0 Å². The average Bonchev–Trinajstić information content (AvgIpc) is 2.60. The summed E-state index contributed by atoms with van der Waals surface area (Å²) in [6.07, 6.45) is 2.55. The van der Waals surface area contributed by atoms with Crippen LogP contribution in [0.15, 0.2) is 48.5 Å². The number of carbonyl (C=O) groups is 2. The van der Waals surface area contributed by atoms with Crippen molar-refractivity contribution in [2.75, 3.05) is 7.05 Å². The summed E-state index contributed by atoms with van der Waals surface area (Å²) >= 11 is 0. The Morgan fingerprint density at radius 3 is 2.20 bits per heavy atom. The minimum atomic E-state index is -0.546. The Kier molecular flexibility index (Phi) is 4.83. The molecule has 0 heterocycles. The van der Waals surface area contributed by atoms with Gasteiger partial charge in [0.2, 0.25) is 5.91 Å². The van der Waals surface area contributed by atoms with Gasteiger partial charge >= 0.3 is 0 Å². The first-order valence-electron chi connectivity index (χ1n) is 8.40. The lowest BCUT2D eigenvalue weighted by atomic mass is 9.64. The quantitative estimate of drug-likeness (QED) is 0.879. The van der Waals surface area contributed by atoms with Gasteiger partial charge in [-0.2, -0.15) is 0 Å². The Morgan fingerprint density at radius 2 is 1.68 bits per heavy atom.